The van der Waals surface area contributed by atoms with Gasteiger partial charge in [-0.25, -0.2) is 8.42 Å². The second-order valence-electron chi connectivity index (χ2n) is 6.75. The first-order valence-electron chi connectivity index (χ1n) is 9.81. The average Bonchev–Trinajstić information content (AvgIpc) is 2.77. The predicted molar refractivity (Wildman–Crippen MR) is 128 cm³/mol. The molecule has 0 radical (unpaired) electrons. The van der Waals surface area contributed by atoms with Gasteiger partial charge in [0.25, 0.3) is 0 Å². The fourth-order valence-corrected chi connectivity index (χ4v) is 5.22. The summed E-state index contributed by atoms with van der Waals surface area (Å²) in [7, 11) is -2.56. The zero-order chi connectivity index (χ0) is 23.1. The Morgan fingerprint density at radius 1 is 1.06 bits per heavy atom. The molecule has 6 nitrogen and oxygen atoms in total. The van der Waals surface area contributed by atoms with Crippen LogP contribution in [0.2, 0.25) is 5.02 Å². The summed E-state index contributed by atoms with van der Waals surface area (Å²) in [6.45, 7) is 1.87. The highest BCUT2D eigenvalue weighted by Gasteiger charge is 2.24. The zero-order valence-corrected chi connectivity index (χ0v) is 20.0. The van der Waals surface area contributed by atoms with E-state index in [-0.39, 0.29) is 16.5 Å². The lowest BCUT2D eigenvalue weighted by molar-refractivity contribution is -0.116. The van der Waals surface area contributed by atoms with Crippen molar-refractivity contribution in [2.45, 2.75) is 21.6 Å². The zero-order valence-electron chi connectivity index (χ0n) is 17.6. The van der Waals surface area contributed by atoms with E-state index in [2.05, 4.69) is 5.32 Å². The molecule has 0 saturated carbocycles. The van der Waals surface area contributed by atoms with E-state index < -0.39 is 15.9 Å². The third kappa shape index (κ3) is 6.04. The Balaban J connectivity index is 1.70. The normalized spacial score (nSPS) is 11.4. The van der Waals surface area contributed by atoms with Gasteiger partial charge in [-0.05, 0) is 49.4 Å². The van der Waals surface area contributed by atoms with Crippen LogP contribution in [0, 0.1) is 0 Å². The number of likely N-dealkylation sites (N-methyl/N-ethyl adjacent to an activating group) is 1. The average molecular weight is 491 g/mol. The van der Waals surface area contributed by atoms with Crippen LogP contribution in [-0.2, 0) is 14.8 Å². The van der Waals surface area contributed by atoms with Crippen molar-refractivity contribution in [3.05, 3.63) is 77.8 Å². The number of benzene rings is 3. The largest absolute Gasteiger partial charge is 0.492 e. The number of hydrogen-bond acceptors (Lipinski definition) is 5. The molecule has 3 rings (SSSR count). The number of nitrogens with zero attached hydrogens (tertiary/aromatic N) is 1. The fraction of sp³-hybridized carbons (Fsp3) is 0.174. The Labute approximate surface area is 197 Å². The van der Waals surface area contributed by atoms with Crippen molar-refractivity contribution in [3.63, 3.8) is 0 Å². The van der Waals surface area contributed by atoms with Crippen LogP contribution in [-0.4, -0.2) is 38.8 Å². The molecule has 0 bridgehead atoms. The van der Waals surface area contributed by atoms with E-state index in [1.807, 2.05) is 55.5 Å². The molecule has 0 atom stereocenters. The molecule has 32 heavy (non-hydrogen) atoms. The van der Waals surface area contributed by atoms with Crippen molar-refractivity contribution >= 4 is 45.0 Å². The third-order valence-corrected chi connectivity index (χ3v) is 7.59. The summed E-state index contributed by atoms with van der Waals surface area (Å²) in [5.41, 5.74) is 0.612. The molecule has 0 aliphatic carbocycles. The van der Waals surface area contributed by atoms with Crippen LogP contribution in [0.1, 0.15) is 6.92 Å². The number of hydrogen-bond donors (Lipinski definition) is 1. The molecule has 1 amide bonds. The lowest BCUT2D eigenvalue weighted by atomic mass is 10.3. The molecule has 0 aliphatic heterocycles. The lowest BCUT2D eigenvalue weighted by Gasteiger charge is -2.18. The monoisotopic (exact) mass is 490 g/mol. The minimum atomic E-state index is -3.91. The van der Waals surface area contributed by atoms with Crippen molar-refractivity contribution in [1.82, 2.24) is 4.31 Å². The highest BCUT2D eigenvalue weighted by Crippen LogP contribution is 2.33. The summed E-state index contributed by atoms with van der Waals surface area (Å²) < 4.78 is 32.1. The Hall–Kier alpha value is -2.52. The molecule has 0 saturated heterocycles. The molecule has 0 fully saturated rings. The van der Waals surface area contributed by atoms with Crippen molar-refractivity contribution in [3.8, 4) is 5.75 Å². The quantitative estimate of drug-likeness (QED) is 0.449. The smallest absolute Gasteiger partial charge is 0.243 e. The first-order valence-corrected chi connectivity index (χ1v) is 12.4. The first kappa shape index (κ1) is 24.1. The standard InChI is InChI=1S/C23H23ClN2O4S2/c1-3-30-21-14-13-18(15-19(21)24)32(28,29)26(2)16-23(27)25-20-11-7-8-12-22(20)31-17-9-5-4-6-10-17/h4-15H,3,16H2,1-2H3,(H,25,27). The maximum atomic E-state index is 12.9. The van der Waals surface area contributed by atoms with Gasteiger partial charge in [0.1, 0.15) is 5.75 Å². The van der Waals surface area contributed by atoms with E-state index in [1.165, 1.54) is 37.0 Å². The van der Waals surface area contributed by atoms with Gasteiger partial charge in [0.05, 0.1) is 28.8 Å². The molecular formula is C23H23ClN2O4S2. The first-order chi connectivity index (χ1) is 15.3. The Kier molecular flexibility index (Phi) is 8.20. The van der Waals surface area contributed by atoms with Crippen LogP contribution < -0.4 is 10.1 Å². The number of amides is 1. The van der Waals surface area contributed by atoms with Crippen LogP contribution in [0.4, 0.5) is 5.69 Å². The summed E-state index contributed by atoms with van der Waals surface area (Å²) in [6.07, 6.45) is 0. The second-order valence-corrected chi connectivity index (χ2v) is 10.3. The SMILES string of the molecule is CCOc1ccc(S(=O)(=O)N(C)CC(=O)Nc2ccccc2Sc2ccccc2)cc1Cl. The van der Waals surface area contributed by atoms with Crippen LogP contribution in [0.25, 0.3) is 0 Å². The van der Waals surface area contributed by atoms with Gasteiger partial charge >= 0.3 is 0 Å². The van der Waals surface area contributed by atoms with Crippen molar-refractivity contribution in [1.29, 1.82) is 0 Å². The van der Waals surface area contributed by atoms with Crippen LogP contribution in [0.3, 0.4) is 0 Å². The molecular weight excluding hydrogens is 468 g/mol. The third-order valence-electron chi connectivity index (χ3n) is 4.41. The van der Waals surface area contributed by atoms with Crippen molar-refractivity contribution in [2.24, 2.45) is 0 Å². The van der Waals surface area contributed by atoms with Crippen LogP contribution >= 0.6 is 23.4 Å². The summed E-state index contributed by atoms with van der Waals surface area (Å²) in [6, 6.07) is 21.4. The molecule has 1 N–H and O–H groups in total. The lowest BCUT2D eigenvalue weighted by Crippen LogP contribution is -2.35. The molecule has 9 heteroatoms. The molecule has 0 aromatic heterocycles. The summed E-state index contributed by atoms with van der Waals surface area (Å²) in [4.78, 5) is 14.5. The maximum absolute atomic E-state index is 12.9. The Morgan fingerprint density at radius 3 is 2.44 bits per heavy atom. The number of rotatable bonds is 9. The Bertz CT molecular complexity index is 1190. The van der Waals surface area contributed by atoms with Crippen LogP contribution in [0.5, 0.6) is 5.75 Å². The van der Waals surface area contributed by atoms with Gasteiger partial charge in [0.15, 0.2) is 0 Å². The van der Waals surface area contributed by atoms with Gasteiger partial charge < -0.3 is 10.1 Å². The number of para-hydroxylation sites is 1. The van der Waals surface area contributed by atoms with E-state index in [0.29, 0.717) is 18.0 Å². The molecule has 3 aromatic rings. The van der Waals surface area contributed by atoms with E-state index in [0.717, 1.165) is 14.1 Å². The predicted octanol–water partition coefficient (Wildman–Crippen LogP) is 5.15. The maximum Gasteiger partial charge on any atom is 0.243 e. The fourth-order valence-electron chi connectivity index (χ4n) is 2.85. The van der Waals surface area contributed by atoms with Gasteiger partial charge in [-0.2, -0.15) is 4.31 Å². The highest BCUT2D eigenvalue weighted by atomic mass is 35.5. The second kappa shape index (κ2) is 10.9. The summed E-state index contributed by atoms with van der Waals surface area (Å²) in [5.74, 6) is -0.0461. The molecule has 3 aromatic carbocycles. The van der Waals surface area contributed by atoms with Crippen molar-refractivity contribution in [2.75, 3.05) is 25.5 Å². The van der Waals surface area contributed by atoms with Crippen LogP contribution in [0.15, 0.2) is 87.5 Å². The van der Waals surface area contributed by atoms with E-state index in [9.17, 15) is 13.2 Å². The van der Waals surface area contributed by atoms with Gasteiger partial charge in [-0.3, -0.25) is 4.79 Å². The number of nitrogens with one attached hydrogen (secondary N) is 1. The van der Waals surface area contributed by atoms with E-state index in [4.69, 9.17) is 16.3 Å². The number of halogens is 1. The van der Waals surface area contributed by atoms with Crippen molar-refractivity contribution < 1.29 is 17.9 Å². The summed E-state index contributed by atoms with van der Waals surface area (Å²) >= 11 is 7.64. The van der Waals surface area contributed by atoms with Gasteiger partial charge in [-0.1, -0.05) is 53.7 Å². The number of carbonyl (C=O) groups excluding carboxylic acids is 1. The highest BCUT2D eigenvalue weighted by molar-refractivity contribution is 7.99. The topological polar surface area (TPSA) is 75.7 Å². The van der Waals surface area contributed by atoms with Gasteiger partial charge in [0, 0.05) is 16.8 Å². The number of carbonyl (C=O) groups is 1. The minimum absolute atomic E-state index is 0.0127. The molecule has 168 valence electrons. The molecule has 0 heterocycles. The van der Waals surface area contributed by atoms with Gasteiger partial charge in [0.2, 0.25) is 15.9 Å². The van der Waals surface area contributed by atoms with Gasteiger partial charge in [-0.15, -0.1) is 0 Å². The molecule has 0 spiro atoms. The number of ether oxygens (including phenoxy) is 1. The van der Waals surface area contributed by atoms with E-state index >= 15 is 0 Å². The van der Waals surface area contributed by atoms with E-state index in [1.54, 1.807) is 6.07 Å². The minimum Gasteiger partial charge on any atom is -0.492 e. The molecule has 0 aliphatic rings. The number of sulfonamides is 1. The Morgan fingerprint density at radius 2 is 1.75 bits per heavy atom. The summed E-state index contributed by atoms with van der Waals surface area (Å²) in [5, 5.41) is 3.00. The number of anilines is 1. The molecule has 0 unspecified atom stereocenters.